The molecule has 1 aromatic heterocycles. The molecule has 1 atom stereocenters. The molecule has 10 heteroatoms. The molecule has 0 radical (unpaired) electrons. The Morgan fingerprint density at radius 1 is 1.74 bits per heavy atom. The van der Waals surface area contributed by atoms with Crippen molar-refractivity contribution in [3.63, 3.8) is 0 Å². The van der Waals surface area contributed by atoms with Gasteiger partial charge in [0, 0.05) is 18.6 Å². The third-order valence-corrected chi connectivity index (χ3v) is 2.98. The first-order valence-electron chi connectivity index (χ1n) is 5.32. The minimum Gasteiger partial charge on any atom is -0.406 e. The molecule has 0 saturated carbocycles. The number of alkyl halides is 1. The zero-order valence-electron chi connectivity index (χ0n) is 10.4. The van der Waals surface area contributed by atoms with Gasteiger partial charge in [0.25, 0.3) is 0 Å². The molecule has 0 aromatic carbocycles. The molecule has 1 rings (SSSR count). The number of hydrogen-bond acceptors (Lipinski definition) is 7. The Kier molecular flexibility index (Phi) is 5.95. The van der Waals surface area contributed by atoms with Crippen LogP contribution in [-0.2, 0) is 4.79 Å². The lowest BCUT2D eigenvalue weighted by atomic mass is 10.4. The monoisotopic (exact) mass is 383 g/mol. The van der Waals surface area contributed by atoms with Gasteiger partial charge >= 0.3 is 11.8 Å². The first-order valence-corrected chi connectivity index (χ1v) is 6.84. The summed E-state index contributed by atoms with van der Waals surface area (Å²) in [5.41, 5.74) is 0. The molecule has 0 spiro atoms. The standard InChI is InChI=1S/C9H14IN5O4/c1-11-4-6(12-8(16)3-10)14(2)9-13-7(5-19-9)15(17)18/h5-6,11H,3-4H2,1-2H3,(H,12,16). The lowest BCUT2D eigenvalue weighted by Crippen LogP contribution is -2.52. The Balaban J connectivity index is 2.81. The van der Waals surface area contributed by atoms with E-state index in [9.17, 15) is 14.9 Å². The quantitative estimate of drug-likeness (QED) is 0.226. The van der Waals surface area contributed by atoms with Gasteiger partial charge < -0.3 is 25.2 Å². The van der Waals surface area contributed by atoms with E-state index in [0.717, 1.165) is 6.26 Å². The largest absolute Gasteiger partial charge is 0.416 e. The molecule has 0 aliphatic heterocycles. The van der Waals surface area contributed by atoms with Crippen molar-refractivity contribution in [3.05, 3.63) is 16.4 Å². The number of anilines is 1. The van der Waals surface area contributed by atoms with Crippen LogP contribution < -0.4 is 15.5 Å². The number of carbonyl (C=O) groups excluding carboxylic acids is 1. The fraction of sp³-hybridized carbons (Fsp3) is 0.556. The van der Waals surface area contributed by atoms with Crippen LogP contribution in [0.3, 0.4) is 0 Å². The third-order valence-electron chi connectivity index (χ3n) is 2.28. The van der Waals surface area contributed by atoms with E-state index in [4.69, 9.17) is 4.42 Å². The summed E-state index contributed by atoms with van der Waals surface area (Å²) in [6.07, 6.45) is 0.549. The second-order valence-electron chi connectivity index (χ2n) is 3.63. The van der Waals surface area contributed by atoms with Crippen LogP contribution >= 0.6 is 22.6 Å². The number of nitrogens with zero attached hydrogens (tertiary/aromatic N) is 3. The molecular weight excluding hydrogens is 369 g/mol. The predicted molar refractivity (Wildman–Crippen MR) is 76.3 cm³/mol. The van der Waals surface area contributed by atoms with Gasteiger partial charge in [-0.3, -0.25) is 9.69 Å². The SMILES string of the molecule is CNCC(NC(=O)CI)N(C)c1nc([N+](=O)[O-])co1. The van der Waals surface area contributed by atoms with Gasteiger partial charge in [0.1, 0.15) is 6.17 Å². The minimum absolute atomic E-state index is 0.0701. The Morgan fingerprint density at radius 3 is 2.89 bits per heavy atom. The second kappa shape index (κ2) is 7.23. The van der Waals surface area contributed by atoms with E-state index in [-0.39, 0.29) is 17.7 Å². The van der Waals surface area contributed by atoms with E-state index in [2.05, 4.69) is 15.6 Å². The summed E-state index contributed by atoms with van der Waals surface area (Å²) in [6, 6.07) is 0.0701. The Labute approximate surface area is 123 Å². The molecule has 0 aliphatic rings. The van der Waals surface area contributed by atoms with E-state index in [0.29, 0.717) is 11.0 Å². The van der Waals surface area contributed by atoms with Crippen molar-refractivity contribution in [3.8, 4) is 0 Å². The van der Waals surface area contributed by atoms with Crippen molar-refractivity contribution in [2.24, 2.45) is 0 Å². The molecule has 1 heterocycles. The normalized spacial score (nSPS) is 11.9. The van der Waals surface area contributed by atoms with E-state index >= 15 is 0 Å². The van der Waals surface area contributed by atoms with Crippen LogP contribution in [0.1, 0.15) is 0 Å². The van der Waals surface area contributed by atoms with Crippen LogP contribution in [-0.4, -0.2) is 47.0 Å². The predicted octanol–water partition coefficient (Wildman–Crippen LogP) is 0.116. The molecule has 0 bridgehead atoms. The van der Waals surface area contributed by atoms with Gasteiger partial charge in [-0.1, -0.05) is 22.6 Å². The van der Waals surface area contributed by atoms with Crippen molar-refractivity contribution in [1.29, 1.82) is 0 Å². The fourth-order valence-corrected chi connectivity index (χ4v) is 1.56. The van der Waals surface area contributed by atoms with Crippen LogP contribution in [0.5, 0.6) is 0 Å². The van der Waals surface area contributed by atoms with Gasteiger partial charge in [-0.05, 0) is 12.0 Å². The van der Waals surface area contributed by atoms with Gasteiger partial charge in [0.15, 0.2) is 6.26 Å². The number of nitro groups is 1. The fourth-order valence-electron chi connectivity index (χ4n) is 1.34. The summed E-state index contributed by atoms with van der Waals surface area (Å²) in [5, 5.41) is 16.2. The van der Waals surface area contributed by atoms with E-state index in [1.54, 1.807) is 14.1 Å². The summed E-state index contributed by atoms with van der Waals surface area (Å²) in [6.45, 7) is 0.440. The van der Waals surface area contributed by atoms with Crippen molar-refractivity contribution in [2.75, 3.05) is 30.0 Å². The first-order chi connectivity index (χ1) is 8.99. The van der Waals surface area contributed by atoms with Gasteiger partial charge in [-0.2, -0.15) is 0 Å². The molecule has 106 valence electrons. The van der Waals surface area contributed by atoms with E-state index in [1.807, 2.05) is 22.6 Å². The highest BCUT2D eigenvalue weighted by molar-refractivity contribution is 14.1. The van der Waals surface area contributed by atoms with Gasteiger partial charge in [-0.25, -0.2) is 0 Å². The average Bonchev–Trinajstić information content (AvgIpc) is 2.86. The van der Waals surface area contributed by atoms with Crippen LogP contribution in [0.15, 0.2) is 10.7 Å². The molecule has 9 nitrogen and oxygen atoms in total. The molecule has 0 aliphatic carbocycles. The maximum atomic E-state index is 11.4. The molecule has 1 amide bonds. The van der Waals surface area contributed by atoms with Crippen LogP contribution in [0.4, 0.5) is 11.8 Å². The zero-order valence-corrected chi connectivity index (χ0v) is 12.6. The van der Waals surface area contributed by atoms with Crippen LogP contribution in [0.2, 0.25) is 0 Å². The molecular formula is C9H14IN5O4. The lowest BCUT2D eigenvalue weighted by Gasteiger charge is -2.25. The summed E-state index contributed by atoms with van der Waals surface area (Å²) >= 11 is 1.95. The number of likely N-dealkylation sites (N-methyl/N-ethyl adjacent to an activating group) is 2. The van der Waals surface area contributed by atoms with Crippen molar-refractivity contribution in [1.82, 2.24) is 15.6 Å². The van der Waals surface area contributed by atoms with Crippen molar-refractivity contribution < 1.29 is 14.1 Å². The first kappa shape index (κ1) is 15.6. The average molecular weight is 383 g/mol. The molecule has 0 fully saturated rings. The molecule has 0 saturated heterocycles. The number of hydrogen-bond donors (Lipinski definition) is 2. The van der Waals surface area contributed by atoms with Crippen molar-refractivity contribution in [2.45, 2.75) is 6.17 Å². The van der Waals surface area contributed by atoms with E-state index < -0.39 is 11.1 Å². The summed E-state index contributed by atoms with van der Waals surface area (Å²) in [5.74, 6) is -0.515. The number of amides is 1. The number of oxazole rings is 1. The topological polar surface area (TPSA) is 114 Å². The van der Waals surface area contributed by atoms with Crippen LogP contribution in [0.25, 0.3) is 0 Å². The second-order valence-corrected chi connectivity index (χ2v) is 4.39. The van der Waals surface area contributed by atoms with Crippen molar-refractivity contribution >= 4 is 40.3 Å². The van der Waals surface area contributed by atoms with E-state index in [1.165, 1.54) is 4.90 Å². The number of carbonyl (C=O) groups is 1. The molecule has 1 unspecified atom stereocenters. The molecule has 2 N–H and O–H groups in total. The highest BCUT2D eigenvalue weighted by Gasteiger charge is 2.25. The maximum Gasteiger partial charge on any atom is 0.416 e. The lowest BCUT2D eigenvalue weighted by molar-refractivity contribution is -0.389. The number of aromatic nitrogens is 1. The number of nitrogens with one attached hydrogen (secondary N) is 2. The zero-order chi connectivity index (χ0) is 14.4. The minimum atomic E-state index is -0.642. The molecule has 1 aromatic rings. The third kappa shape index (κ3) is 4.31. The van der Waals surface area contributed by atoms with Gasteiger partial charge in [0.05, 0.1) is 4.43 Å². The molecule has 19 heavy (non-hydrogen) atoms. The smallest absolute Gasteiger partial charge is 0.406 e. The number of rotatable bonds is 7. The van der Waals surface area contributed by atoms with Crippen LogP contribution in [0, 0.1) is 10.1 Å². The highest BCUT2D eigenvalue weighted by Crippen LogP contribution is 2.18. The summed E-state index contributed by atoms with van der Waals surface area (Å²) < 4.78 is 5.34. The Morgan fingerprint density at radius 2 is 2.42 bits per heavy atom. The number of halogens is 1. The highest BCUT2D eigenvalue weighted by atomic mass is 127. The Hall–Kier alpha value is -1.43. The summed E-state index contributed by atoms with van der Waals surface area (Å²) in [4.78, 5) is 26.6. The van der Waals surface area contributed by atoms with Gasteiger partial charge in [-0.15, -0.1) is 0 Å². The Bertz CT molecular complexity index is 452. The maximum absolute atomic E-state index is 11.4. The van der Waals surface area contributed by atoms with Gasteiger partial charge in [0.2, 0.25) is 5.91 Å². The summed E-state index contributed by atoms with van der Waals surface area (Å²) in [7, 11) is 3.36.